The molecule has 2 aliphatic rings. The lowest BCUT2D eigenvalue weighted by molar-refractivity contribution is -0.0498. The fraction of sp³-hybridized carbons (Fsp3) is 0.786. The Morgan fingerprint density at radius 3 is 3.16 bits per heavy atom. The summed E-state index contributed by atoms with van der Waals surface area (Å²) in [7, 11) is 0. The first-order chi connectivity index (χ1) is 9.29. The van der Waals surface area contributed by atoms with Crippen molar-refractivity contribution in [2.45, 2.75) is 51.5 Å². The molecule has 3 atom stereocenters. The summed E-state index contributed by atoms with van der Waals surface area (Å²) in [5.74, 6) is 0. The standard InChI is InChI=1S/C14H22N2O2S/c1-3-17-14-11-4-5-12(14)18-7-6-16(11)8-13-10(2)15-9-19-13/h9,11-12,14H,3-8H2,1-2H3/t11-,12-,14-/m1/s1. The maximum atomic E-state index is 5.96. The molecular formula is C14H22N2O2S. The van der Waals surface area contributed by atoms with E-state index >= 15 is 0 Å². The van der Waals surface area contributed by atoms with Crippen LogP contribution >= 0.6 is 11.3 Å². The van der Waals surface area contributed by atoms with Crippen LogP contribution < -0.4 is 0 Å². The van der Waals surface area contributed by atoms with E-state index in [0.717, 1.165) is 38.4 Å². The summed E-state index contributed by atoms with van der Waals surface area (Å²) in [4.78, 5) is 8.26. The molecule has 1 aliphatic heterocycles. The van der Waals surface area contributed by atoms with Gasteiger partial charge < -0.3 is 9.47 Å². The van der Waals surface area contributed by atoms with Crippen LogP contribution in [0, 0.1) is 6.92 Å². The molecule has 4 nitrogen and oxygen atoms in total. The molecule has 19 heavy (non-hydrogen) atoms. The zero-order chi connectivity index (χ0) is 13.2. The number of fused-ring (bicyclic) bond motifs is 2. The van der Waals surface area contributed by atoms with Gasteiger partial charge in [0.2, 0.25) is 0 Å². The molecule has 3 rings (SSSR count). The zero-order valence-electron chi connectivity index (χ0n) is 11.7. The van der Waals surface area contributed by atoms with Crippen molar-refractivity contribution in [2.75, 3.05) is 19.8 Å². The van der Waals surface area contributed by atoms with Crippen molar-refractivity contribution in [3.05, 3.63) is 16.1 Å². The number of nitrogens with zero attached hydrogens (tertiary/aromatic N) is 2. The fourth-order valence-electron chi connectivity index (χ4n) is 3.24. The van der Waals surface area contributed by atoms with Crippen molar-refractivity contribution in [3.63, 3.8) is 0 Å². The van der Waals surface area contributed by atoms with Crippen LogP contribution in [0.5, 0.6) is 0 Å². The molecule has 2 fully saturated rings. The summed E-state index contributed by atoms with van der Waals surface area (Å²) in [5, 5.41) is 0. The van der Waals surface area contributed by atoms with Gasteiger partial charge in [0.25, 0.3) is 0 Å². The number of hydrogen-bond acceptors (Lipinski definition) is 5. The third-order valence-electron chi connectivity index (χ3n) is 4.22. The van der Waals surface area contributed by atoms with Crippen LogP contribution in [0.15, 0.2) is 5.51 Å². The van der Waals surface area contributed by atoms with E-state index in [1.165, 1.54) is 11.3 Å². The van der Waals surface area contributed by atoms with Crippen molar-refractivity contribution in [1.82, 2.24) is 9.88 Å². The Kier molecular flexibility index (Phi) is 4.17. The Morgan fingerprint density at radius 1 is 1.53 bits per heavy atom. The van der Waals surface area contributed by atoms with Crippen LogP contribution in [0.1, 0.15) is 30.3 Å². The van der Waals surface area contributed by atoms with Gasteiger partial charge in [0, 0.05) is 30.6 Å². The first-order valence-corrected chi connectivity index (χ1v) is 8.03. The van der Waals surface area contributed by atoms with Gasteiger partial charge >= 0.3 is 0 Å². The molecule has 0 unspecified atom stereocenters. The smallest absolute Gasteiger partial charge is 0.0991 e. The Bertz CT molecular complexity index is 423. The maximum absolute atomic E-state index is 5.96. The Labute approximate surface area is 118 Å². The maximum Gasteiger partial charge on any atom is 0.0991 e. The van der Waals surface area contributed by atoms with Gasteiger partial charge in [-0.25, -0.2) is 4.98 Å². The van der Waals surface area contributed by atoms with Gasteiger partial charge in [-0.15, -0.1) is 11.3 Å². The minimum absolute atomic E-state index is 0.251. The van der Waals surface area contributed by atoms with E-state index in [0.29, 0.717) is 12.1 Å². The molecule has 0 amide bonds. The average molecular weight is 282 g/mol. The highest BCUT2D eigenvalue weighted by atomic mass is 32.1. The van der Waals surface area contributed by atoms with Crippen molar-refractivity contribution >= 4 is 11.3 Å². The summed E-state index contributed by atoms with van der Waals surface area (Å²) < 4.78 is 11.9. The summed E-state index contributed by atoms with van der Waals surface area (Å²) in [5.41, 5.74) is 3.11. The van der Waals surface area contributed by atoms with Crippen LogP contribution in [0.25, 0.3) is 0 Å². The lowest BCUT2D eigenvalue weighted by Gasteiger charge is -2.30. The quantitative estimate of drug-likeness (QED) is 0.848. The SMILES string of the molecule is CCO[C@@H]1[C@H]2CC[C@H]1OCCN2Cc1scnc1C. The van der Waals surface area contributed by atoms with Crippen LogP contribution in [-0.4, -0.2) is 47.9 Å². The van der Waals surface area contributed by atoms with Crippen LogP contribution in [0.4, 0.5) is 0 Å². The molecule has 0 aromatic carbocycles. The first kappa shape index (κ1) is 13.5. The van der Waals surface area contributed by atoms with Crippen molar-refractivity contribution in [3.8, 4) is 0 Å². The van der Waals surface area contributed by atoms with Gasteiger partial charge in [0.15, 0.2) is 0 Å². The van der Waals surface area contributed by atoms with E-state index in [2.05, 4.69) is 23.7 Å². The molecular weight excluding hydrogens is 260 g/mol. The second-order valence-electron chi connectivity index (χ2n) is 5.31. The van der Waals surface area contributed by atoms with Gasteiger partial charge in [0.05, 0.1) is 30.0 Å². The van der Waals surface area contributed by atoms with Crippen LogP contribution in [0.2, 0.25) is 0 Å². The van der Waals surface area contributed by atoms with E-state index < -0.39 is 0 Å². The van der Waals surface area contributed by atoms with E-state index in [1.54, 1.807) is 11.3 Å². The molecule has 1 saturated carbocycles. The largest absolute Gasteiger partial charge is 0.374 e. The predicted octanol–water partition coefficient (Wildman–Crippen LogP) is 2.22. The molecule has 1 aromatic heterocycles. The number of aromatic nitrogens is 1. The van der Waals surface area contributed by atoms with E-state index in [9.17, 15) is 0 Å². The molecule has 2 heterocycles. The van der Waals surface area contributed by atoms with Crippen molar-refractivity contribution in [1.29, 1.82) is 0 Å². The fourth-order valence-corrected chi connectivity index (χ4v) is 4.04. The molecule has 5 heteroatoms. The summed E-state index contributed by atoms with van der Waals surface area (Å²) in [6.07, 6.45) is 2.87. The monoisotopic (exact) mass is 282 g/mol. The molecule has 106 valence electrons. The number of thiazole rings is 1. The number of rotatable bonds is 4. The molecule has 1 aliphatic carbocycles. The summed E-state index contributed by atoms with van der Waals surface area (Å²) in [6.45, 7) is 7.75. The zero-order valence-corrected chi connectivity index (χ0v) is 12.5. The molecule has 0 radical (unpaired) electrons. The van der Waals surface area contributed by atoms with Gasteiger partial charge in [-0.05, 0) is 26.7 Å². The lowest BCUT2D eigenvalue weighted by Crippen LogP contribution is -2.42. The molecule has 0 spiro atoms. The number of ether oxygens (including phenoxy) is 2. The third-order valence-corrected chi connectivity index (χ3v) is 5.14. The van der Waals surface area contributed by atoms with Gasteiger partial charge in [-0.3, -0.25) is 4.90 Å². The average Bonchev–Trinajstić information content (AvgIpc) is 2.90. The van der Waals surface area contributed by atoms with E-state index in [-0.39, 0.29) is 6.10 Å². The highest BCUT2D eigenvalue weighted by Crippen LogP contribution is 2.33. The minimum atomic E-state index is 0.251. The Morgan fingerprint density at radius 2 is 2.42 bits per heavy atom. The first-order valence-electron chi connectivity index (χ1n) is 7.15. The molecule has 0 N–H and O–H groups in total. The van der Waals surface area contributed by atoms with E-state index in [1.807, 2.05) is 5.51 Å². The highest BCUT2D eigenvalue weighted by molar-refractivity contribution is 7.09. The Hall–Kier alpha value is -0.490. The van der Waals surface area contributed by atoms with Gasteiger partial charge in [-0.2, -0.15) is 0 Å². The molecule has 1 aromatic rings. The van der Waals surface area contributed by atoms with Crippen LogP contribution in [0.3, 0.4) is 0 Å². The molecule has 2 bridgehead atoms. The van der Waals surface area contributed by atoms with Crippen molar-refractivity contribution in [2.24, 2.45) is 0 Å². The lowest BCUT2D eigenvalue weighted by atomic mass is 10.1. The van der Waals surface area contributed by atoms with Crippen LogP contribution in [-0.2, 0) is 16.0 Å². The summed E-state index contributed by atoms with van der Waals surface area (Å²) in [6, 6.07) is 0.508. The number of aryl methyl sites for hydroxylation is 1. The second kappa shape index (κ2) is 5.87. The topological polar surface area (TPSA) is 34.6 Å². The third kappa shape index (κ3) is 2.70. The van der Waals surface area contributed by atoms with E-state index in [4.69, 9.17) is 9.47 Å². The Balaban J connectivity index is 1.75. The summed E-state index contributed by atoms with van der Waals surface area (Å²) >= 11 is 1.76. The van der Waals surface area contributed by atoms with Gasteiger partial charge in [-0.1, -0.05) is 0 Å². The van der Waals surface area contributed by atoms with Gasteiger partial charge in [0.1, 0.15) is 0 Å². The highest BCUT2D eigenvalue weighted by Gasteiger charge is 2.42. The molecule has 1 saturated heterocycles. The normalized spacial score (nSPS) is 31.6. The predicted molar refractivity (Wildman–Crippen MR) is 75.4 cm³/mol. The van der Waals surface area contributed by atoms with Crippen molar-refractivity contribution < 1.29 is 9.47 Å². The minimum Gasteiger partial charge on any atom is -0.374 e. The second-order valence-corrected chi connectivity index (χ2v) is 6.24. The number of hydrogen-bond donors (Lipinski definition) is 0.